The van der Waals surface area contributed by atoms with Crippen LogP contribution in [0, 0.1) is 11.7 Å². The van der Waals surface area contributed by atoms with Crippen molar-refractivity contribution in [3.05, 3.63) is 229 Å². The summed E-state index contributed by atoms with van der Waals surface area (Å²) in [5, 5.41) is 29.3. The van der Waals surface area contributed by atoms with Crippen LogP contribution in [0.1, 0.15) is 227 Å². The van der Waals surface area contributed by atoms with Gasteiger partial charge in [-0.3, -0.25) is 47.9 Å². The zero-order chi connectivity index (χ0) is 101. The second kappa shape index (κ2) is 64.6. The van der Waals surface area contributed by atoms with Crippen molar-refractivity contribution in [1.29, 1.82) is 0 Å². The number of carbonyl (C=O) groups excluding carboxylic acids is 11. The number of esters is 1. The van der Waals surface area contributed by atoms with E-state index in [9.17, 15) is 61.9 Å². The van der Waals surface area contributed by atoms with E-state index < -0.39 is 47.4 Å². The molecule has 9 aromatic rings. The summed E-state index contributed by atoms with van der Waals surface area (Å²) in [7, 11) is 2.56. The van der Waals surface area contributed by atoms with Gasteiger partial charge in [0.2, 0.25) is 23.6 Å². The molecule has 6 atom stereocenters. The number of hydrogen-bond donors (Lipinski definition) is 7. The minimum Gasteiger partial charge on any atom is -1.00 e. The Hall–Kier alpha value is -12.5. The second-order valence-corrected chi connectivity index (χ2v) is 33.2. The largest absolute Gasteiger partial charge is 1.00 e. The summed E-state index contributed by atoms with van der Waals surface area (Å²) in [5.41, 5.74) is 11.0. The number of ether oxygens (including phenoxy) is 2. The van der Waals surface area contributed by atoms with Gasteiger partial charge in [0, 0.05) is 207 Å². The van der Waals surface area contributed by atoms with Crippen LogP contribution in [0.25, 0.3) is 45.6 Å². The molecule has 0 unspecified atom stereocenters. The molecule has 14 rings (SSSR count). The molecule has 8 heterocycles. The number of nitrogens with zero attached hydrogens (tertiary/aromatic N) is 12. The van der Waals surface area contributed by atoms with Gasteiger partial charge in [0.1, 0.15) is 36.3 Å². The molecule has 139 heavy (non-hydrogen) atoms. The molecule has 33 nitrogen and oxygen atoms in total. The Balaban J connectivity index is 0.000000363. The van der Waals surface area contributed by atoms with Crippen LogP contribution in [0.2, 0.25) is 0 Å². The van der Waals surface area contributed by atoms with E-state index in [4.69, 9.17) is 30.3 Å². The Morgan fingerprint density at radius 1 is 0.489 bits per heavy atom. The van der Waals surface area contributed by atoms with Crippen LogP contribution in [0.5, 0.6) is 0 Å². The number of methoxy groups -OCH3 is 1. The third kappa shape index (κ3) is 40.8. The number of rotatable bonds is 31. The Bertz CT molecular complexity index is 5240. The molecule has 0 spiro atoms. The fourth-order valence-corrected chi connectivity index (χ4v) is 15.0. The van der Waals surface area contributed by atoms with Gasteiger partial charge in [0.25, 0.3) is 23.6 Å². The number of likely N-dealkylation sites (tertiary alicyclic amines) is 4. The Morgan fingerprint density at radius 2 is 0.763 bits per heavy atom. The van der Waals surface area contributed by atoms with Crippen molar-refractivity contribution >= 4 is 90.9 Å². The van der Waals surface area contributed by atoms with E-state index in [0.717, 1.165) is 125 Å². The summed E-state index contributed by atoms with van der Waals surface area (Å²) < 4.78 is 33.5. The number of halogens is 2. The fourth-order valence-electron chi connectivity index (χ4n) is 14.9. The van der Waals surface area contributed by atoms with Gasteiger partial charge in [-0.05, 0) is 212 Å². The number of aliphatic hydroxyl groups excluding tert-OH is 1. The van der Waals surface area contributed by atoms with Crippen molar-refractivity contribution in [2.45, 2.75) is 206 Å². The van der Waals surface area contributed by atoms with Crippen LogP contribution in [0.15, 0.2) is 195 Å². The minimum absolute atomic E-state index is 0. The molecule has 1 aliphatic carbocycles. The first-order chi connectivity index (χ1) is 67.3. The number of aliphatic hydroxyl groups is 1. The van der Waals surface area contributed by atoms with E-state index in [1.54, 1.807) is 193 Å². The van der Waals surface area contributed by atoms with E-state index in [2.05, 4.69) is 70.6 Å². The molecule has 4 aromatic heterocycles. The number of carboxylic acid groups (broad SMARTS) is 1. The number of aliphatic carboxylic acids is 1. The molecule has 8 N–H and O–H groups in total. The molecule has 37 heteroatoms. The SMILES string of the molecule is CC(C)COC(=O)Cl.COC(=O)CC[C@H](NC(=O)c1ccc(-c2ncccn2)cc1)C(=O)N1CCCCC1.N[C@@H]1C[C@H]1c1ccc(F)cc1.O=C(N[C@@H](CCCO)C(=O)N1CCCCC1)c1ccc(-c2ncccn2)cc1.O=C(O)CC[C@H](NC(=O)c1ccc(-c2ncccn2)cc1)C(=O)N1CCCCC1.O=CCC[C@H](NC(=O)c1ccc(-c2ncccn2)cc1)C(=O)N1CCCCC1.[2H]C.[2H]CC.[B].[H-].[Na+]. The maximum absolute atomic E-state index is 12.9. The number of nitrogens with two attached hydrogens (primary N) is 1. The number of benzene rings is 5. The molecule has 0 bridgehead atoms. The maximum Gasteiger partial charge on any atom is 1.00 e. The van der Waals surface area contributed by atoms with Gasteiger partial charge >= 0.3 is 46.9 Å². The molecule has 3 radical (unpaired) electrons. The molecule has 4 saturated heterocycles. The Labute approximate surface area is 846 Å². The normalized spacial score (nSPS) is 15.3. The van der Waals surface area contributed by atoms with Gasteiger partial charge in [-0.25, -0.2) is 49.1 Å². The minimum atomic E-state index is -0.997. The zero-order valence-electron chi connectivity index (χ0n) is 83.1. The number of aromatic nitrogens is 8. The molecule has 4 aliphatic heterocycles. The predicted molar refractivity (Wildman–Crippen MR) is 525 cm³/mol. The standard InChI is InChI=1S/C22H26N4O4.C21H24N4O4.C21H26N4O3.C21H24N4O3.C9H10FN.C5H9ClO2.C2H6.CH4.B.Na.H/c1-30-19(27)11-10-18(22(29)26-14-3-2-4-15-26)25-21(28)17-8-6-16(7-9-17)20-23-12-5-13-24-20;26-18(27)10-9-17(21(29)25-13-2-1-3-14-25)24-20(28)16-7-5-15(6-8-16)19-22-11-4-12-23-19;2*26-15-4-6-18(21(28)25-13-2-1-3-14-25)24-20(27)17-9-7-16(8-10-17)19-22-11-5-12-23-19;10-7-3-1-6(2-4-7)8-5-9(8)11;1-4(2)3-8-5(6)7;1-2;;;;/h5-9,12-13,18H,2-4,10-11,14-15H2,1H3,(H,25,28);4-8,11-12,17H,1-3,9-10,13-14H2,(H,24,28)(H,26,27);5,7-12,18,26H,1-4,6,13-15H2,(H,24,27);5,7-12,15,18H,1-4,6,13-14H2,(H,24,27);1-4,8-9H,5,11H2;4H,3H2,1-2H3;1-2H3;1H4;;;/q;;;;;;;;;+1;-1/t18-;17-;2*18-;8-,9+;;;;;;/m00000....../s1/i;;;;;;2*1D;;;. The van der Waals surface area contributed by atoms with Crippen LogP contribution in [-0.2, 0) is 43.0 Å². The smallest absolute Gasteiger partial charge is 1.00 e. The summed E-state index contributed by atoms with van der Waals surface area (Å²) in [6.45, 7) is 12.1. The number of nitrogens with one attached hydrogen (secondary N) is 4. The molecule has 1 saturated carbocycles. The summed E-state index contributed by atoms with van der Waals surface area (Å²) in [6, 6.07) is 38.5. The van der Waals surface area contributed by atoms with Gasteiger partial charge in [-0.2, -0.15) is 0 Å². The number of carboxylic acids is 1. The van der Waals surface area contributed by atoms with Gasteiger partial charge in [-0.15, -0.1) is 0 Å². The molecule has 5 fully saturated rings. The quantitative estimate of drug-likeness (QED) is 0.00918. The first-order valence-electron chi connectivity index (χ1n) is 47.9. The topological polar surface area (TPSA) is 454 Å². The molecule has 5 aromatic carbocycles. The van der Waals surface area contributed by atoms with E-state index in [1.807, 2.05) is 30.9 Å². The van der Waals surface area contributed by atoms with Gasteiger partial charge in [0.05, 0.1) is 13.7 Å². The average Bonchev–Trinajstić information content (AvgIpc) is 1.63. The summed E-state index contributed by atoms with van der Waals surface area (Å²) in [4.78, 5) is 186. The number of amides is 8. The van der Waals surface area contributed by atoms with Crippen molar-refractivity contribution in [2.24, 2.45) is 11.7 Å². The van der Waals surface area contributed by atoms with E-state index in [0.29, 0.717) is 135 Å². The van der Waals surface area contributed by atoms with Crippen LogP contribution in [0.4, 0.5) is 9.18 Å². The van der Waals surface area contributed by atoms with Gasteiger partial charge in [0.15, 0.2) is 23.3 Å². The Morgan fingerprint density at radius 3 is 1.00 bits per heavy atom. The zero-order valence-corrected chi connectivity index (χ0v) is 82.9. The Kier molecular flexibility index (Phi) is 52.7. The predicted octanol–water partition coefficient (Wildman–Crippen LogP) is 10.6. The number of aldehydes is 1. The van der Waals surface area contributed by atoms with Crippen molar-refractivity contribution in [3.63, 3.8) is 0 Å². The summed E-state index contributed by atoms with van der Waals surface area (Å²) in [6.07, 6.45) is 28.7. The van der Waals surface area contributed by atoms with Crippen LogP contribution in [-0.4, -0.2) is 252 Å². The molecule has 5 aliphatic rings. The molecule has 737 valence electrons. The fraction of sp³-hybridized carbons (Fsp3) is 0.431. The molecular formula is C102H130BClFN17NaO16. The monoisotopic (exact) mass is 1940 g/mol. The van der Waals surface area contributed by atoms with Crippen LogP contribution < -0.4 is 56.6 Å². The van der Waals surface area contributed by atoms with Crippen LogP contribution >= 0.6 is 11.6 Å². The first kappa shape index (κ1) is 113. The van der Waals surface area contributed by atoms with Gasteiger partial charge in [-0.1, -0.05) is 95.7 Å². The van der Waals surface area contributed by atoms with E-state index >= 15 is 0 Å². The van der Waals surface area contributed by atoms with Crippen molar-refractivity contribution in [1.82, 2.24) is 80.7 Å². The third-order valence-electron chi connectivity index (χ3n) is 22.4. The number of hydrogen-bond acceptors (Lipinski definition) is 24. The third-order valence-corrected chi connectivity index (χ3v) is 22.5. The van der Waals surface area contributed by atoms with Crippen molar-refractivity contribution < 1.29 is 115 Å². The van der Waals surface area contributed by atoms with Gasteiger partial charge < -0.3 is 72.5 Å². The maximum atomic E-state index is 12.9. The number of carbonyl (C=O) groups is 12. The van der Waals surface area contributed by atoms with E-state index in [1.165, 1.54) is 32.2 Å². The number of piperidine rings is 4. The van der Waals surface area contributed by atoms with E-state index in [-0.39, 0.29) is 125 Å². The van der Waals surface area contributed by atoms with Crippen molar-refractivity contribution in [2.75, 3.05) is 72.7 Å². The molecular weight excluding hydrogens is 1810 g/mol. The first-order valence-corrected chi connectivity index (χ1v) is 46.5. The summed E-state index contributed by atoms with van der Waals surface area (Å²) >= 11 is 4.86. The van der Waals surface area contributed by atoms with Crippen molar-refractivity contribution in [3.8, 4) is 45.6 Å². The molecule has 8 amide bonds. The average molecular weight is 1940 g/mol. The van der Waals surface area contributed by atoms with Crippen LogP contribution in [0.3, 0.4) is 0 Å². The second-order valence-electron chi connectivity index (χ2n) is 32.9. The summed E-state index contributed by atoms with van der Waals surface area (Å²) in [5.74, 6) is -0.381.